The molecule has 19 heavy (non-hydrogen) atoms. The number of nitrogens with zero attached hydrogens (tertiary/aromatic N) is 1. The van der Waals surface area contributed by atoms with Crippen molar-refractivity contribution in [2.24, 2.45) is 5.92 Å². The third-order valence-corrected chi connectivity index (χ3v) is 4.32. The Kier molecular flexibility index (Phi) is 4.21. The van der Waals surface area contributed by atoms with Crippen LogP contribution in [-0.4, -0.2) is 47.7 Å². The summed E-state index contributed by atoms with van der Waals surface area (Å²) in [6.07, 6.45) is 0. The minimum absolute atomic E-state index is 0.108. The van der Waals surface area contributed by atoms with Crippen LogP contribution in [0.25, 0.3) is 0 Å². The van der Waals surface area contributed by atoms with Crippen LogP contribution in [0.2, 0.25) is 0 Å². The number of hydrogen-bond acceptors (Lipinski definition) is 4. The van der Waals surface area contributed by atoms with Gasteiger partial charge < -0.3 is 14.7 Å². The number of carboxylic acid groups (broad SMARTS) is 1. The molecule has 1 aromatic rings. The van der Waals surface area contributed by atoms with Gasteiger partial charge in [0.1, 0.15) is 5.92 Å². The van der Waals surface area contributed by atoms with E-state index in [1.165, 1.54) is 11.3 Å². The van der Waals surface area contributed by atoms with E-state index in [4.69, 9.17) is 4.74 Å². The van der Waals surface area contributed by atoms with Crippen molar-refractivity contribution in [3.05, 3.63) is 21.9 Å². The number of hydrogen-bond donors (Lipinski definition) is 1. The van der Waals surface area contributed by atoms with Crippen molar-refractivity contribution in [3.8, 4) is 0 Å². The first-order valence-electron chi connectivity index (χ1n) is 6.20. The van der Waals surface area contributed by atoms with Crippen molar-refractivity contribution in [1.29, 1.82) is 0 Å². The van der Waals surface area contributed by atoms with E-state index in [9.17, 15) is 14.7 Å². The molecular weight excluding hydrogens is 266 g/mol. The fourth-order valence-corrected chi connectivity index (χ4v) is 3.17. The van der Waals surface area contributed by atoms with Gasteiger partial charge in [0.05, 0.1) is 24.8 Å². The lowest BCUT2D eigenvalue weighted by Crippen LogP contribution is -2.46. The van der Waals surface area contributed by atoms with Crippen molar-refractivity contribution in [1.82, 2.24) is 4.90 Å². The number of carbonyl (C=O) groups is 2. The maximum atomic E-state index is 12.5. The van der Waals surface area contributed by atoms with Crippen LogP contribution < -0.4 is 0 Å². The maximum Gasteiger partial charge on any atom is 0.311 e. The average Bonchev–Trinajstić information content (AvgIpc) is 2.98. The molecule has 2 rings (SSSR count). The lowest BCUT2D eigenvalue weighted by molar-refractivity contribution is -0.142. The number of aryl methyl sites for hydroxylation is 1. The number of thiophene rings is 1. The first kappa shape index (κ1) is 14.0. The summed E-state index contributed by atoms with van der Waals surface area (Å²) in [5, 5.41) is 12.9. The fraction of sp³-hybridized carbons (Fsp3) is 0.538. The number of carbonyl (C=O) groups excluding carboxylic acids is 1. The van der Waals surface area contributed by atoms with Crippen molar-refractivity contribution in [2.45, 2.75) is 19.9 Å². The molecule has 1 N–H and O–H groups in total. The highest BCUT2D eigenvalue weighted by Crippen LogP contribution is 2.24. The molecule has 1 fully saturated rings. The van der Waals surface area contributed by atoms with Crippen molar-refractivity contribution >= 4 is 23.2 Å². The van der Waals surface area contributed by atoms with Gasteiger partial charge in [-0.05, 0) is 24.8 Å². The van der Waals surface area contributed by atoms with E-state index in [0.29, 0.717) is 18.7 Å². The minimum atomic E-state index is -0.907. The van der Waals surface area contributed by atoms with E-state index in [1.54, 1.807) is 4.90 Å². The topological polar surface area (TPSA) is 66.8 Å². The van der Waals surface area contributed by atoms with Crippen LogP contribution in [0, 0.1) is 12.8 Å². The van der Waals surface area contributed by atoms with E-state index in [1.807, 2.05) is 24.6 Å². The molecule has 0 bridgehead atoms. The standard InChI is InChI=1S/C13H17NO4S/c1-3-14(11-5-18-4-9(11)13(16)17)12(15)10-7-19-6-8(10)2/h6-7,9,11H,3-5H2,1-2H3,(H,16,17). The summed E-state index contributed by atoms with van der Waals surface area (Å²) in [5.41, 5.74) is 1.59. The number of amides is 1. The summed E-state index contributed by atoms with van der Waals surface area (Å²) >= 11 is 1.48. The SMILES string of the molecule is CCN(C(=O)c1cscc1C)C1COCC1C(=O)O. The molecule has 2 heterocycles. The van der Waals surface area contributed by atoms with E-state index >= 15 is 0 Å². The maximum absolute atomic E-state index is 12.5. The molecule has 0 spiro atoms. The third-order valence-electron chi connectivity index (χ3n) is 3.46. The zero-order valence-corrected chi connectivity index (χ0v) is 11.8. The van der Waals surface area contributed by atoms with Gasteiger partial charge in [0.2, 0.25) is 0 Å². The molecule has 1 aromatic heterocycles. The molecule has 5 nitrogen and oxygen atoms in total. The summed E-state index contributed by atoms with van der Waals surface area (Å²) in [7, 11) is 0. The number of carboxylic acids is 1. The van der Waals surface area contributed by atoms with E-state index in [2.05, 4.69) is 0 Å². The first-order chi connectivity index (χ1) is 9.06. The molecule has 0 radical (unpaired) electrons. The summed E-state index contributed by atoms with van der Waals surface area (Å²) in [6.45, 7) is 4.69. The Hall–Kier alpha value is -1.40. The third kappa shape index (κ3) is 2.64. The monoisotopic (exact) mass is 283 g/mol. The zero-order valence-electron chi connectivity index (χ0n) is 11.0. The van der Waals surface area contributed by atoms with Crippen LogP contribution in [0.4, 0.5) is 0 Å². The van der Waals surface area contributed by atoms with Crippen LogP contribution in [0.5, 0.6) is 0 Å². The number of aliphatic carboxylic acids is 1. The second kappa shape index (κ2) is 5.71. The molecule has 0 aromatic carbocycles. The minimum Gasteiger partial charge on any atom is -0.481 e. The highest BCUT2D eigenvalue weighted by atomic mass is 32.1. The quantitative estimate of drug-likeness (QED) is 0.912. The van der Waals surface area contributed by atoms with E-state index in [-0.39, 0.29) is 18.6 Å². The van der Waals surface area contributed by atoms with Gasteiger partial charge in [-0.2, -0.15) is 11.3 Å². The molecule has 1 aliphatic rings. The molecule has 104 valence electrons. The molecule has 2 atom stereocenters. The largest absolute Gasteiger partial charge is 0.481 e. The van der Waals surface area contributed by atoms with Crippen molar-refractivity contribution in [2.75, 3.05) is 19.8 Å². The average molecular weight is 283 g/mol. The van der Waals surface area contributed by atoms with Gasteiger partial charge in [-0.25, -0.2) is 0 Å². The van der Waals surface area contributed by atoms with Crippen molar-refractivity contribution < 1.29 is 19.4 Å². The van der Waals surface area contributed by atoms with E-state index in [0.717, 1.165) is 5.56 Å². The van der Waals surface area contributed by atoms with Gasteiger partial charge in [-0.1, -0.05) is 0 Å². The second-order valence-electron chi connectivity index (χ2n) is 4.61. The summed E-state index contributed by atoms with van der Waals surface area (Å²) in [5.74, 6) is -1.65. The second-order valence-corrected chi connectivity index (χ2v) is 5.35. The lowest BCUT2D eigenvalue weighted by atomic mass is 10.0. The number of ether oxygens (including phenoxy) is 1. The Morgan fingerprint density at radius 1 is 1.47 bits per heavy atom. The Labute approximate surface area is 115 Å². The van der Waals surface area contributed by atoms with Gasteiger partial charge in [0.15, 0.2) is 0 Å². The molecule has 6 heteroatoms. The van der Waals surface area contributed by atoms with Crippen molar-refractivity contribution in [3.63, 3.8) is 0 Å². The molecular formula is C13H17NO4S. The Bertz CT molecular complexity index is 485. The Morgan fingerprint density at radius 3 is 2.74 bits per heavy atom. The fourth-order valence-electron chi connectivity index (χ4n) is 2.35. The molecule has 2 unspecified atom stereocenters. The smallest absolute Gasteiger partial charge is 0.311 e. The van der Waals surface area contributed by atoms with Gasteiger partial charge in [-0.15, -0.1) is 0 Å². The predicted octanol–water partition coefficient (Wildman–Crippen LogP) is 1.62. The predicted molar refractivity (Wildman–Crippen MR) is 71.5 cm³/mol. The van der Waals surface area contributed by atoms with Crippen LogP contribution in [-0.2, 0) is 9.53 Å². The van der Waals surface area contributed by atoms with Crippen LogP contribution >= 0.6 is 11.3 Å². The molecule has 1 amide bonds. The Morgan fingerprint density at radius 2 is 2.21 bits per heavy atom. The molecule has 1 saturated heterocycles. The Balaban J connectivity index is 2.23. The lowest BCUT2D eigenvalue weighted by Gasteiger charge is -2.29. The zero-order chi connectivity index (χ0) is 14.0. The van der Waals surface area contributed by atoms with Gasteiger partial charge >= 0.3 is 5.97 Å². The summed E-state index contributed by atoms with van der Waals surface area (Å²) < 4.78 is 5.24. The number of rotatable bonds is 4. The number of likely N-dealkylation sites (N-methyl/N-ethyl adjacent to an activating group) is 1. The highest BCUT2D eigenvalue weighted by Gasteiger charge is 2.39. The van der Waals surface area contributed by atoms with Crippen LogP contribution in [0.1, 0.15) is 22.8 Å². The van der Waals surface area contributed by atoms with Gasteiger partial charge in [0.25, 0.3) is 5.91 Å². The molecule has 0 saturated carbocycles. The van der Waals surface area contributed by atoms with Crippen LogP contribution in [0.3, 0.4) is 0 Å². The summed E-state index contributed by atoms with van der Waals surface area (Å²) in [6, 6.07) is -0.380. The van der Waals surface area contributed by atoms with E-state index < -0.39 is 11.9 Å². The van der Waals surface area contributed by atoms with Gasteiger partial charge in [0, 0.05) is 11.9 Å². The molecule has 1 aliphatic heterocycles. The normalized spacial score (nSPS) is 22.4. The van der Waals surface area contributed by atoms with Gasteiger partial charge in [-0.3, -0.25) is 9.59 Å². The van der Waals surface area contributed by atoms with Crippen LogP contribution in [0.15, 0.2) is 10.8 Å². The highest BCUT2D eigenvalue weighted by molar-refractivity contribution is 7.08. The summed E-state index contributed by atoms with van der Waals surface area (Å²) in [4.78, 5) is 25.3. The first-order valence-corrected chi connectivity index (χ1v) is 7.14. The molecule has 0 aliphatic carbocycles.